The van der Waals surface area contributed by atoms with E-state index in [-0.39, 0.29) is 5.91 Å². The van der Waals surface area contributed by atoms with E-state index in [9.17, 15) is 4.79 Å². The number of benzene rings is 1. The highest BCUT2D eigenvalue weighted by Crippen LogP contribution is 2.17. The summed E-state index contributed by atoms with van der Waals surface area (Å²) in [5, 5.41) is 12.8. The number of hydrogen-bond acceptors (Lipinski definition) is 3. The van der Waals surface area contributed by atoms with Crippen molar-refractivity contribution in [2.75, 3.05) is 6.54 Å². The predicted octanol–water partition coefficient (Wildman–Crippen LogP) is 2.77. The maximum absolute atomic E-state index is 12.2. The number of aromatic nitrogens is 4. The molecule has 3 aromatic rings. The number of nitrogens with zero attached hydrogens (tertiary/aromatic N) is 4. The van der Waals surface area contributed by atoms with Gasteiger partial charge in [0, 0.05) is 31.2 Å². The van der Waals surface area contributed by atoms with E-state index in [4.69, 9.17) is 0 Å². The van der Waals surface area contributed by atoms with Gasteiger partial charge in [-0.15, -0.1) is 0 Å². The molecule has 0 aliphatic heterocycles. The molecule has 2 heterocycles. The normalized spacial score (nSPS) is 11.1. The van der Waals surface area contributed by atoms with Crippen molar-refractivity contribution in [1.82, 2.24) is 24.9 Å². The largest absolute Gasteiger partial charge is 0.351 e. The molecule has 24 heavy (non-hydrogen) atoms. The van der Waals surface area contributed by atoms with Crippen LogP contribution in [0.25, 0.3) is 10.9 Å². The highest BCUT2D eigenvalue weighted by molar-refractivity contribution is 5.92. The molecule has 0 aliphatic carbocycles. The fraction of sp³-hybridized carbons (Fsp3) is 0.389. The highest BCUT2D eigenvalue weighted by Gasteiger charge is 2.11. The van der Waals surface area contributed by atoms with Crippen LogP contribution in [-0.2, 0) is 13.1 Å². The first kappa shape index (κ1) is 16.2. The Kier molecular flexibility index (Phi) is 4.93. The van der Waals surface area contributed by atoms with Crippen molar-refractivity contribution in [3.05, 3.63) is 47.9 Å². The number of carbonyl (C=O) groups excluding carboxylic acids is 1. The van der Waals surface area contributed by atoms with Gasteiger partial charge in [-0.25, -0.2) is 0 Å². The van der Waals surface area contributed by atoms with Crippen LogP contribution in [0.4, 0.5) is 0 Å². The van der Waals surface area contributed by atoms with Gasteiger partial charge in [-0.05, 0) is 37.5 Å². The lowest BCUT2D eigenvalue weighted by atomic mass is 10.1. The number of fused-ring (bicyclic) bond motifs is 1. The second-order valence-corrected chi connectivity index (χ2v) is 5.92. The number of aryl methyl sites for hydroxylation is 3. The maximum Gasteiger partial charge on any atom is 0.269 e. The molecule has 0 saturated heterocycles. The van der Waals surface area contributed by atoms with Gasteiger partial charge in [0.25, 0.3) is 5.91 Å². The summed E-state index contributed by atoms with van der Waals surface area (Å²) in [7, 11) is 0. The zero-order chi connectivity index (χ0) is 16.9. The van der Waals surface area contributed by atoms with Crippen LogP contribution in [0.2, 0.25) is 0 Å². The van der Waals surface area contributed by atoms with E-state index in [2.05, 4.69) is 41.5 Å². The monoisotopic (exact) mass is 325 g/mol. The van der Waals surface area contributed by atoms with Crippen LogP contribution in [0, 0.1) is 6.92 Å². The number of carbonyl (C=O) groups is 1. The second kappa shape index (κ2) is 7.29. The Morgan fingerprint density at radius 1 is 1.17 bits per heavy atom. The van der Waals surface area contributed by atoms with Crippen molar-refractivity contribution in [1.29, 1.82) is 0 Å². The molecule has 1 N–H and O–H groups in total. The van der Waals surface area contributed by atoms with Gasteiger partial charge in [0.05, 0.1) is 11.7 Å². The van der Waals surface area contributed by atoms with Crippen molar-refractivity contribution >= 4 is 16.8 Å². The van der Waals surface area contributed by atoms with Crippen molar-refractivity contribution in [3.63, 3.8) is 0 Å². The number of amides is 1. The fourth-order valence-corrected chi connectivity index (χ4v) is 2.86. The van der Waals surface area contributed by atoms with Gasteiger partial charge >= 0.3 is 0 Å². The molecule has 6 heteroatoms. The highest BCUT2D eigenvalue weighted by atomic mass is 16.2. The number of rotatable bonds is 7. The quantitative estimate of drug-likeness (QED) is 0.679. The minimum atomic E-state index is -0.0675. The Balaban J connectivity index is 1.54. The molecule has 126 valence electrons. The summed E-state index contributed by atoms with van der Waals surface area (Å²) in [5.74, 6) is -0.0675. The second-order valence-electron chi connectivity index (χ2n) is 5.92. The first-order valence-electron chi connectivity index (χ1n) is 8.42. The van der Waals surface area contributed by atoms with Crippen molar-refractivity contribution < 1.29 is 4.79 Å². The minimum Gasteiger partial charge on any atom is -0.351 e. The summed E-state index contributed by atoms with van der Waals surface area (Å²) in [5.41, 5.74) is 3.00. The standard InChI is InChI=1S/C18H23N5O/c1-3-11-22-17(8-10-20-22)18(24)19-9-5-12-23-16-7-4-6-14(2)15(16)13-21-23/h4,6-8,10,13H,3,5,9,11-12H2,1-2H3,(H,19,24). The average molecular weight is 325 g/mol. The summed E-state index contributed by atoms with van der Waals surface area (Å²) in [4.78, 5) is 12.2. The molecule has 0 saturated carbocycles. The topological polar surface area (TPSA) is 64.7 Å². The third-order valence-corrected chi connectivity index (χ3v) is 4.12. The zero-order valence-electron chi connectivity index (χ0n) is 14.2. The Bertz CT molecular complexity index is 833. The van der Waals surface area contributed by atoms with E-state index in [1.807, 2.05) is 16.9 Å². The lowest BCUT2D eigenvalue weighted by Gasteiger charge is -2.08. The Morgan fingerprint density at radius 2 is 2.04 bits per heavy atom. The number of nitrogens with one attached hydrogen (secondary N) is 1. The summed E-state index contributed by atoms with van der Waals surface area (Å²) in [6.45, 7) is 6.31. The van der Waals surface area contributed by atoms with E-state index in [0.717, 1.165) is 31.4 Å². The Morgan fingerprint density at radius 3 is 2.88 bits per heavy atom. The van der Waals surface area contributed by atoms with Gasteiger partial charge in [-0.1, -0.05) is 19.1 Å². The Labute approximate surface area is 141 Å². The lowest BCUT2D eigenvalue weighted by molar-refractivity contribution is 0.0941. The summed E-state index contributed by atoms with van der Waals surface area (Å²) >= 11 is 0. The van der Waals surface area contributed by atoms with Gasteiger partial charge < -0.3 is 5.32 Å². The summed E-state index contributed by atoms with van der Waals surface area (Å²) < 4.78 is 3.74. The van der Waals surface area contributed by atoms with Gasteiger partial charge in [0.1, 0.15) is 5.69 Å². The van der Waals surface area contributed by atoms with Gasteiger partial charge in [-0.3, -0.25) is 14.2 Å². The van der Waals surface area contributed by atoms with E-state index in [1.165, 1.54) is 10.9 Å². The summed E-state index contributed by atoms with van der Waals surface area (Å²) in [6, 6.07) is 7.98. The SMILES string of the molecule is CCCn1nccc1C(=O)NCCCn1ncc2c(C)cccc21. The summed E-state index contributed by atoms with van der Waals surface area (Å²) in [6.07, 6.45) is 5.36. The first-order valence-corrected chi connectivity index (χ1v) is 8.42. The van der Waals surface area contributed by atoms with Crippen LogP contribution < -0.4 is 5.32 Å². The molecule has 2 aromatic heterocycles. The molecular weight excluding hydrogens is 302 g/mol. The predicted molar refractivity (Wildman–Crippen MR) is 93.9 cm³/mol. The Hall–Kier alpha value is -2.63. The molecular formula is C18H23N5O. The molecule has 1 amide bonds. The van der Waals surface area contributed by atoms with Gasteiger partial charge in [0.2, 0.25) is 0 Å². The minimum absolute atomic E-state index is 0.0675. The van der Waals surface area contributed by atoms with Crippen LogP contribution >= 0.6 is 0 Å². The molecule has 0 radical (unpaired) electrons. The van der Waals surface area contributed by atoms with Crippen LogP contribution in [0.1, 0.15) is 35.8 Å². The molecule has 0 aliphatic rings. The first-order chi connectivity index (χ1) is 11.7. The molecule has 0 bridgehead atoms. The van der Waals surface area contributed by atoms with Gasteiger partial charge in [0.15, 0.2) is 0 Å². The molecule has 0 unspecified atom stereocenters. The van der Waals surface area contributed by atoms with Crippen LogP contribution in [0.3, 0.4) is 0 Å². The third-order valence-electron chi connectivity index (χ3n) is 4.12. The van der Waals surface area contributed by atoms with E-state index < -0.39 is 0 Å². The van der Waals surface area contributed by atoms with E-state index >= 15 is 0 Å². The molecule has 0 fully saturated rings. The van der Waals surface area contributed by atoms with Crippen LogP contribution in [0.15, 0.2) is 36.7 Å². The smallest absolute Gasteiger partial charge is 0.269 e. The van der Waals surface area contributed by atoms with Crippen LogP contribution in [0.5, 0.6) is 0 Å². The fourth-order valence-electron chi connectivity index (χ4n) is 2.86. The van der Waals surface area contributed by atoms with Crippen LogP contribution in [-0.4, -0.2) is 32.0 Å². The lowest BCUT2D eigenvalue weighted by Crippen LogP contribution is -2.27. The molecule has 3 rings (SSSR count). The van der Waals surface area contributed by atoms with E-state index in [0.29, 0.717) is 12.2 Å². The van der Waals surface area contributed by atoms with Gasteiger partial charge in [-0.2, -0.15) is 10.2 Å². The van der Waals surface area contributed by atoms with Crippen molar-refractivity contribution in [2.45, 2.75) is 39.8 Å². The van der Waals surface area contributed by atoms with Crippen molar-refractivity contribution in [3.8, 4) is 0 Å². The molecule has 0 atom stereocenters. The van der Waals surface area contributed by atoms with Crippen molar-refractivity contribution in [2.24, 2.45) is 0 Å². The van der Waals surface area contributed by atoms with E-state index in [1.54, 1.807) is 16.9 Å². The zero-order valence-corrected chi connectivity index (χ0v) is 14.2. The maximum atomic E-state index is 12.2. The molecule has 0 spiro atoms. The molecule has 6 nitrogen and oxygen atoms in total. The average Bonchev–Trinajstić information content (AvgIpc) is 3.20. The molecule has 1 aromatic carbocycles. The number of hydrogen-bond donors (Lipinski definition) is 1. The third kappa shape index (κ3) is 3.32.